The molecule has 0 aliphatic carbocycles. The molecule has 0 aromatic rings. The van der Waals surface area contributed by atoms with Crippen LogP contribution in [-0.2, 0) is 4.79 Å². The fourth-order valence-corrected chi connectivity index (χ4v) is 1.94. The molecule has 1 amide bonds. The molecule has 1 heterocycles. The number of amides is 1. The Morgan fingerprint density at radius 3 is 2.64 bits per heavy atom. The highest BCUT2D eigenvalue weighted by Crippen LogP contribution is 2.25. The van der Waals surface area contributed by atoms with E-state index >= 15 is 0 Å². The van der Waals surface area contributed by atoms with Gasteiger partial charge in [-0.15, -0.1) is 0 Å². The molecule has 0 aromatic carbocycles. The summed E-state index contributed by atoms with van der Waals surface area (Å²) in [5, 5.41) is 9.07. The van der Waals surface area contributed by atoms with Crippen LogP contribution in [0.1, 0.15) is 33.6 Å². The quantitative estimate of drug-likeness (QED) is 0.740. The second-order valence-corrected chi connectivity index (χ2v) is 4.66. The van der Waals surface area contributed by atoms with E-state index in [2.05, 4.69) is 13.8 Å². The van der Waals surface area contributed by atoms with Gasteiger partial charge in [0.15, 0.2) is 0 Å². The number of aliphatic hydroxyl groups excluding tert-OH is 1. The Hall–Kier alpha value is -0.570. The second kappa shape index (κ2) is 4.78. The van der Waals surface area contributed by atoms with Gasteiger partial charge in [0.05, 0.1) is 0 Å². The van der Waals surface area contributed by atoms with Crippen molar-refractivity contribution in [2.45, 2.75) is 39.7 Å². The summed E-state index contributed by atoms with van der Waals surface area (Å²) in [6.07, 6.45) is 1.57. The Morgan fingerprint density at radius 2 is 2.21 bits per heavy atom. The number of carbonyl (C=O) groups is 1. The molecule has 1 N–H and O–H groups in total. The first-order valence-corrected chi connectivity index (χ1v) is 5.46. The molecule has 1 rings (SSSR count). The maximum absolute atomic E-state index is 11.6. The zero-order valence-electron chi connectivity index (χ0n) is 9.36. The Balaban J connectivity index is 2.48. The van der Waals surface area contributed by atoms with Crippen LogP contribution in [0.2, 0.25) is 0 Å². The number of carbonyl (C=O) groups excluding carboxylic acids is 1. The molecule has 1 aliphatic rings. The average molecular weight is 199 g/mol. The minimum Gasteiger partial charge on any atom is -0.396 e. The van der Waals surface area contributed by atoms with E-state index < -0.39 is 0 Å². The molecule has 0 aromatic heterocycles. The van der Waals surface area contributed by atoms with Gasteiger partial charge in [0, 0.05) is 31.5 Å². The van der Waals surface area contributed by atoms with Crippen LogP contribution >= 0.6 is 0 Å². The lowest BCUT2D eigenvalue weighted by atomic mass is 10.0. The van der Waals surface area contributed by atoms with Crippen molar-refractivity contribution in [3.05, 3.63) is 0 Å². The smallest absolute Gasteiger partial charge is 0.223 e. The zero-order valence-corrected chi connectivity index (χ0v) is 9.36. The van der Waals surface area contributed by atoms with E-state index in [1.54, 1.807) is 0 Å². The molecule has 2 atom stereocenters. The molecule has 1 saturated heterocycles. The maximum atomic E-state index is 11.6. The van der Waals surface area contributed by atoms with Crippen molar-refractivity contribution in [3.63, 3.8) is 0 Å². The van der Waals surface area contributed by atoms with E-state index in [0.29, 0.717) is 12.3 Å². The van der Waals surface area contributed by atoms with Gasteiger partial charge in [-0.05, 0) is 19.3 Å². The summed E-state index contributed by atoms with van der Waals surface area (Å²) in [5.41, 5.74) is 0. The second-order valence-electron chi connectivity index (χ2n) is 4.66. The molecular formula is C11H21NO2. The van der Waals surface area contributed by atoms with Crippen LogP contribution in [0.5, 0.6) is 0 Å². The predicted molar refractivity (Wildman–Crippen MR) is 55.8 cm³/mol. The van der Waals surface area contributed by atoms with E-state index in [0.717, 1.165) is 13.0 Å². The molecule has 14 heavy (non-hydrogen) atoms. The molecular weight excluding hydrogens is 178 g/mol. The molecule has 82 valence electrons. The van der Waals surface area contributed by atoms with Gasteiger partial charge in [0.25, 0.3) is 0 Å². The van der Waals surface area contributed by atoms with E-state index in [1.165, 1.54) is 0 Å². The van der Waals surface area contributed by atoms with Crippen LogP contribution in [-0.4, -0.2) is 35.1 Å². The lowest BCUT2D eigenvalue weighted by Crippen LogP contribution is -2.35. The number of rotatable bonds is 4. The van der Waals surface area contributed by atoms with Crippen LogP contribution in [0.15, 0.2) is 0 Å². The van der Waals surface area contributed by atoms with Gasteiger partial charge in [-0.2, -0.15) is 0 Å². The standard InChI is InChI=1S/C11H21NO2/c1-8(2)4-5-12-9(3)10(7-13)6-11(12)14/h8-10,13H,4-7H2,1-3H3. The summed E-state index contributed by atoms with van der Waals surface area (Å²) in [6.45, 7) is 7.33. The highest BCUT2D eigenvalue weighted by molar-refractivity contribution is 5.79. The van der Waals surface area contributed by atoms with E-state index in [1.807, 2.05) is 11.8 Å². The first-order valence-electron chi connectivity index (χ1n) is 5.46. The van der Waals surface area contributed by atoms with E-state index in [-0.39, 0.29) is 24.5 Å². The summed E-state index contributed by atoms with van der Waals surface area (Å²) >= 11 is 0. The van der Waals surface area contributed by atoms with Gasteiger partial charge in [-0.3, -0.25) is 4.79 Å². The number of likely N-dealkylation sites (tertiary alicyclic amines) is 1. The topological polar surface area (TPSA) is 40.5 Å². The number of nitrogens with zero attached hydrogens (tertiary/aromatic N) is 1. The molecule has 1 fully saturated rings. The lowest BCUT2D eigenvalue weighted by Gasteiger charge is -2.24. The van der Waals surface area contributed by atoms with Gasteiger partial charge in [0.1, 0.15) is 0 Å². The Bertz CT molecular complexity index is 203. The molecule has 3 nitrogen and oxygen atoms in total. The maximum Gasteiger partial charge on any atom is 0.223 e. The predicted octanol–water partition coefficient (Wildman–Crippen LogP) is 1.26. The van der Waals surface area contributed by atoms with Crippen molar-refractivity contribution >= 4 is 5.91 Å². The van der Waals surface area contributed by atoms with Crippen molar-refractivity contribution < 1.29 is 9.90 Å². The summed E-state index contributed by atoms with van der Waals surface area (Å²) in [7, 11) is 0. The SMILES string of the molecule is CC(C)CCN1C(=O)CC(CO)C1C. The van der Waals surface area contributed by atoms with Crippen LogP contribution < -0.4 is 0 Å². The number of hydrogen-bond acceptors (Lipinski definition) is 2. The number of aliphatic hydroxyl groups is 1. The average Bonchev–Trinajstić information content (AvgIpc) is 2.39. The minimum atomic E-state index is 0.130. The first kappa shape index (κ1) is 11.5. The summed E-state index contributed by atoms with van der Waals surface area (Å²) < 4.78 is 0. The molecule has 1 aliphatic heterocycles. The molecule has 0 spiro atoms. The van der Waals surface area contributed by atoms with E-state index in [4.69, 9.17) is 5.11 Å². The first-order chi connectivity index (χ1) is 6.56. The van der Waals surface area contributed by atoms with Gasteiger partial charge >= 0.3 is 0 Å². The monoisotopic (exact) mass is 199 g/mol. The molecule has 3 heteroatoms. The van der Waals surface area contributed by atoms with E-state index in [9.17, 15) is 4.79 Å². The molecule has 0 radical (unpaired) electrons. The number of hydrogen-bond donors (Lipinski definition) is 1. The third kappa shape index (κ3) is 2.47. The van der Waals surface area contributed by atoms with Crippen molar-refractivity contribution in [2.24, 2.45) is 11.8 Å². The van der Waals surface area contributed by atoms with Gasteiger partial charge in [0.2, 0.25) is 5.91 Å². The highest BCUT2D eigenvalue weighted by Gasteiger charge is 2.35. The fraction of sp³-hybridized carbons (Fsp3) is 0.909. The third-order valence-electron chi connectivity index (χ3n) is 3.11. The summed E-state index contributed by atoms with van der Waals surface area (Å²) in [5.74, 6) is 0.982. The van der Waals surface area contributed by atoms with Crippen LogP contribution in [0.25, 0.3) is 0 Å². The Labute approximate surface area is 86.1 Å². The van der Waals surface area contributed by atoms with Gasteiger partial charge in [-0.25, -0.2) is 0 Å². The largest absolute Gasteiger partial charge is 0.396 e. The minimum absolute atomic E-state index is 0.130. The van der Waals surface area contributed by atoms with Crippen LogP contribution in [0.4, 0.5) is 0 Å². The summed E-state index contributed by atoms with van der Waals surface area (Å²) in [4.78, 5) is 13.5. The molecule has 0 saturated carbocycles. The van der Waals surface area contributed by atoms with Crippen LogP contribution in [0, 0.1) is 11.8 Å². The molecule has 2 unspecified atom stereocenters. The third-order valence-corrected chi connectivity index (χ3v) is 3.11. The normalized spacial score (nSPS) is 27.8. The van der Waals surface area contributed by atoms with Crippen molar-refractivity contribution in [2.75, 3.05) is 13.2 Å². The van der Waals surface area contributed by atoms with Crippen molar-refractivity contribution in [3.8, 4) is 0 Å². The Kier molecular flexibility index (Phi) is 3.93. The summed E-state index contributed by atoms with van der Waals surface area (Å²) in [6, 6.07) is 0.214. The molecule has 0 bridgehead atoms. The lowest BCUT2D eigenvalue weighted by molar-refractivity contribution is -0.128. The van der Waals surface area contributed by atoms with Crippen molar-refractivity contribution in [1.29, 1.82) is 0 Å². The van der Waals surface area contributed by atoms with Crippen LogP contribution in [0.3, 0.4) is 0 Å². The van der Waals surface area contributed by atoms with Crippen molar-refractivity contribution in [1.82, 2.24) is 4.90 Å². The highest BCUT2D eigenvalue weighted by atomic mass is 16.3. The van der Waals surface area contributed by atoms with Gasteiger partial charge in [-0.1, -0.05) is 13.8 Å². The fourth-order valence-electron chi connectivity index (χ4n) is 1.94. The zero-order chi connectivity index (χ0) is 10.7. The van der Waals surface area contributed by atoms with Gasteiger partial charge < -0.3 is 10.0 Å². The Morgan fingerprint density at radius 1 is 1.57 bits per heavy atom.